The Kier molecular flexibility index (Phi) is 6.24. The number of aryl methyl sites for hydroxylation is 1. The second-order valence-corrected chi connectivity index (χ2v) is 10.2. The van der Waals surface area contributed by atoms with Gasteiger partial charge in [0.2, 0.25) is 0 Å². The van der Waals surface area contributed by atoms with E-state index in [1.165, 1.54) is 5.39 Å². The number of ether oxygens (including phenoxy) is 2. The molecule has 0 N–H and O–H groups in total. The predicted molar refractivity (Wildman–Crippen MR) is 147 cm³/mol. The van der Waals surface area contributed by atoms with Crippen LogP contribution in [0.5, 0.6) is 11.5 Å². The van der Waals surface area contributed by atoms with E-state index in [4.69, 9.17) is 9.47 Å². The number of esters is 1. The summed E-state index contributed by atoms with van der Waals surface area (Å²) in [7, 11) is 0. The zero-order valence-electron chi connectivity index (χ0n) is 21.2. The molecule has 0 aliphatic heterocycles. The molecule has 3 heteroatoms. The van der Waals surface area contributed by atoms with E-state index in [1.54, 1.807) is 6.07 Å². The third kappa shape index (κ3) is 4.70. The summed E-state index contributed by atoms with van der Waals surface area (Å²) in [6.07, 6.45) is 0. The summed E-state index contributed by atoms with van der Waals surface area (Å²) in [5.41, 5.74) is 3.52. The fourth-order valence-corrected chi connectivity index (χ4v) is 4.54. The van der Waals surface area contributed by atoms with Crippen LogP contribution in [0.2, 0.25) is 0 Å². The second-order valence-electron chi connectivity index (χ2n) is 10.2. The summed E-state index contributed by atoms with van der Waals surface area (Å²) < 4.78 is 12.4. The summed E-state index contributed by atoms with van der Waals surface area (Å²) in [6, 6.07) is 32.1. The van der Waals surface area contributed by atoms with Gasteiger partial charge in [-0.2, -0.15) is 0 Å². The molecule has 5 aromatic carbocycles. The first-order valence-electron chi connectivity index (χ1n) is 12.3. The lowest BCUT2D eigenvalue weighted by Gasteiger charge is -2.23. The van der Waals surface area contributed by atoms with Crippen LogP contribution in [0.15, 0.2) is 97.1 Å². The molecule has 0 aliphatic carbocycles. The smallest absolute Gasteiger partial charge is 0.344 e. The van der Waals surface area contributed by atoms with Crippen LogP contribution >= 0.6 is 0 Å². The summed E-state index contributed by atoms with van der Waals surface area (Å²) in [6.45, 7) is 8.83. The normalized spacial score (nSPS) is 11.6. The number of carbonyl (C=O) groups excluding carboxylic acids is 1. The molecule has 5 aromatic rings. The molecule has 0 saturated carbocycles. The first-order valence-corrected chi connectivity index (χ1v) is 12.3. The molecule has 0 radical (unpaired) electrons. The zero-order valence-corrected chi connectivity index (χ0v) is 21.2. The number of hydrogen-bond acceptors (Lipinski definition) is 3. The van der Waals surface area contributed by atoms with E-state index in [-0.39, 0.29) is 5.41 Å². The van der Waals surface area contributed by atoms with Gasteiger partial charge in [-0.3, -0.25) is 0 Å². The van der Waals surface area contributed by atoms with Gasteiger partial charge in [0.1, 0.15) is 6.61 Å². The standard InChI is InChI=1S/C33H30O3/c1-22-19-26(33(2,3)4)20-30(35-21-25-15-9-13-23-11-5-7-16-27(23)25)31(22)36-32(34)29-18-10-14-24-12-6-8-17-28(24)29/h5-20H,21H2,1-4H3. The molecule has 0 bridgehead atoms. The highest BCUT2D eigenvalue weighted by molar-refractivity contribution is 6.05. The van der Waals surface area contributed by atoms with Gasteiger partial charge in [-0.1, -0.05) is 106 Å². The lowest BCUT2D eigenvalue weighted by molar-refractivity contribution is 0.0728. The van der Waals surface area contributed by atoms with E-state index in [0.717, 1.165) is 32.8 Å². The lowest BCUT2D eigenvalue weighted by Crippen LogP contribution is -2.15. The van der Waals surface area contributed by atoms with E-state index in [2.05, 4.69) is 51.1 Å². The molecule has 0 saturated heterocycles. The first kappa shape index (κ1) is 23.6. The fraction of sp³-hybridized carbons (Fsp3) is 0.182. The number of fused-ring (bicyclic) bond motifs is 2. The minimum atomic E-state index is -0.395. The van der Waals surface area contributed by atoms with Crippen LogP contribution in [0.4, 0.5) is 0 Å². The third-order valence-corrected chi connectivity index (χ3v) is 6.57. The van der Waals surface area contributed by atoms with Crippen LogP contribution in [0.3, 0.4) is 0 Å². The third-order valence-electron chi connectivity index (χ3n) is 6.57. The SMILES string of the molecule is Cc1cc(C(C)(C)C)cc(OCc2cccc3ccccc23)c1OC(=O)c1cccc2ccccc12. The molecule has 0 amide bonds. The maximum absolute atomic E-state index is 13.4. The van der Waals surface area contributed by atoms with Crippen molar-refractivity contribution < 1.29 is 14.3 Å². The fourth-order valence-electron chi connectivity index (χ4n) is 4.54. The Balaban J connectivity index is 1.52. The minimum Gasteiger partial charge on any atom is -0.485 e. The van der Waals surface area contributed by atoms with Crippen LogP contribution in [-0.2, 0) is 12.0 Å². The van der Waals surface area contributed by atoms with Gasteiger partial charge in [0.25, 0.3) is 0 Å². The van der Waals surface area contributed by atoms with E-state index < -0.39 is 5.97 Å². The molecular formula is C33H30O3. The van der Waals surface area contributed by atoms with Gasteiger partial charge in [0.05, 0.1) is 5.56 Å². The van der Waals surface area contributed by atoms with Crippen molar-refractivity contribution in [3.8, 4) is 11.5 Å². The van der Waals surface area contributed by atoms with E-state index >= 15 is 0 Å². The van der Waals surface area contributed by atoms with Crippen LogP contribution in [0, 0.1) is 6.92 Å². The van der Waals surface area contributed by atoms with Gasteiger partial charge in [-0.05, 0) is 62.7 Å². The van der Waals surface area contributed by atoms with Crippen molar-refractivity contribution in [3.63, 3.8) is 0 Å². The topological polar surface area (TPSA) is 35.5 Å². The van der Waals surface area contributed by atoms with E-state index in [1.807, 2.05) is 67.6 Å². The van der Waals surface area contributed by atoms with Crippen LogP contribution in [-0.4, -0.2) is 5.97 Å². The monoisotopic (exact) mass is 474 g/mol. The predicted octanol–water partition coefficient (Wildman–Crippen LogP) is 8.40. The highest BCUT2D eigenvalue weighted by atomic mass is 16.6. The van der Waals surface area contributed by atoms with Crippen molar-refractivity contribution in [2.75, 3.05) is 0 Å². The molecule has 0 fully saturated rings. The highest BCUT2D eigenvalue weighted by Crippen LogP contribution is 2.38. The van der Waals surface area contributed by atoms with Gasteiger partial charge >= 0.3 is 5.97 Å². The molecule has 3 nitrogen and oxygen atoms in total. The van der Waals surface area contributed by atoms with Crippen LogP contribution in [0.25, 0.3) is 21.5 Å². The van der Waals surface area contributed by atoms with Crippen molar-refractivity contribution in [1.29, 1.82) is 0 Å². The van der Waals surface area contributed by atoms with Gasteiger partial charge in [0, 0.05) is 0 Å². The van der Waals surface area contributed by atoms with Crippen molar-refractivity contribution >= 4 is 27.5 Å². The molecule has 0 spiro atoms. The first-order chi connectivity index (χ1) is 17.3. The van der Waals surface area contributed by atoms with Crippen molar-refractivity contribution in [2.45, 2.75) is 39.7 Å². The molecule has 0 aliphatic rings. The maximum Gasteiger partial charge on any atom is 0.344 e. The average molecular weight is 475 g/mol. The van der Waals surface area contributed by atoms with Gasteiger partial charge in [0.15, 0.2) is 11.5 Å². The summed E-state index contributed by atoms with van der Waals surface area (Å²) >= 11 is 0. The number of hydrogen-bond donors (Lipinski definition) is 0. The minimum absolute atomic E-state index is 0.0829. The van der Waals surface area contributed by atoms with Crippen molar-refractivity contribution in [1.82, 2.24) is 0 Å². The maximum atomic E-state index is 13.4. The summed E-state index contributed by atoms with van der Waals surface area (Å²) in [5, 5.41) is 4.19. The lowest BCUT2D eigenvalue weighted by atomic mass is 9.86. The summed E-state index contributed by atoms with van der Waals surface area (Å²) in [4.78, 5) is 13.4. The highest BCUT2D eigenvalue weighted by Gasteiger charge is 2.22. The Labute approximate surface area is 212 Å². The van der Waals surface area contributed by atoms with Gasteiger partial charge in [-0.25, -0.2) is 4.79 Å². The van der Waals surface area contributed by atoms with Crippen LogP contribution < -0.4 is 9.47 Å². The number of carbonyl (C=O) groups is 1. The van der Waals surface area contributed by atoms with E-state index in [9.17, 15) is 4.79 Å². The molecular weight excluding hydrogens is 444 g/mol. The number of rotatable bonds is 5. The Morgan fingerprint density at radius 1 is 0.750 bits per heavy atom. The Morgan fingerprint density at radius 3 is 2.08 bits per heavy atom. The molecule has 5 rings (SSSR count). The van der Waals surface area contributed by atoms with Crippen molar-refractivity contribution in [2.24, 2.45) is 0 Å². The molecule has 0 unspecified atom stereocenters. The Hall–Kier alpha value is -4.11. The second kappa shape index (κ2) is 9.50. The Bertz CT molecular complexity index is 1560. The average Bonchev–Trinajstić information content (AvgIpc) is 2.87. The van der Waals surface area contributed by atoms with Crippen LogP contribution in [0.1, 0.15) is 47.8 Å². The quantitative estimate of drug-likeness (QED) is 0.189. The van der Waals surface area contributed by atoms with Gasteiger partial charge in [-0.15, -0.1) is 0 Å². The molecule has 0 aromatic heterocycles. The zero-order chi connectivity index (χ0) is 25.3. The van der Waals surface area contributed by atoms with Crippen molar-refractivity contribution in [3.05, 3.63) is 119 Å². The molecule has 0 heterocycles. The molecule has 36 heavy (non-hydrogen) atoms. The number of benzene rings is 5. The molecule has 180 valence electrons. The molecule has 0 atom stereocenters. The summed E-state index contributed by atoms with van der Waals surface area (Å²) in [5.74, 6) is 0.635. The largest absolute Gasteiger partial charge is 0.485 e. The van der Waals surface area contributed by atoms with E-state index in [0.29, 0.717) is 23.7 Å². The Morgan fingerprint density at radius 2 is 1.36 bits per heavy atom. The van der Waals surface area contributed by atoms with Gasteiger partial charge < -0.3 is 9.47 Å².